The van der Waals surface area contributed by atoms with Crippen LogP contribution < -0.4 is 10.9 Å². The van der Waals surface area contributed by atoms with E-state index in [9.17, 15) is 24.5 Å². The molecule has 36 heavy (non-hydrogen) atoms. The van der Waals surface area contributed by atoms with Gasteiger partial charge >= 0.3 is 11.9 Å². The van der Waals surface area contributed by atoms with Crippen molar-refractivity contribution in [1.82, 2.24) is 25.6 Å². The van der Waals surface area contributed by atoms with E-state index in [1.54, 1.807) is 12.1 Å². The van der Waals surface area contributed by atoms with Crippen LogP contribution in [0.5, 0.6) is 0 Å². The number of amides is 2. The number of benzene rings is 3. The van der Waals surface area contributed by atoms with Gasteiger partial charge in [0.15, 0.2) is 5.82 Å². The maximum Gasteiger partial charge on any atom is 0.338 e. The molecule has 1 heterocycles. The number of non-ortho nitro benzene ring substituents is 1. The number of aromatic nitrogens is 3. The summed E-state index contributed by atoms with van der Waals surface area (Å²) in [6.45, 7) is 0. The summed E-state index contributed by atoms with van der Waals surface area (Å²) in [6.07, 6.45) is 0. The number of carbonyl (C=O) groups excluding carboxylic acids is 3. The molecule has 180 valence electrons. The summed E-state index contributed by atoms with van der Waals surface area (Å²) in [5.74, 6) is -2.41. The summed E-state index contributed by atoms with van der Waals surface area (Å²) in [6, 6.07) is 21.2. The highest BCUT2D eigenvalue weighted by Gasteiger charge is 2.21. The van der Waals surface area contributed by atoms with Gasteiger partial charge in [-0.2, -0.15) is 0 Å². The number of nitro groups is 1. The number of para-hydroxylation sites is 1. The summed E-state index contributed by atoms with van der Waals surface area (Å²) in [7, 11) is 1.10. The highest BCUT2D eigenvalue weighted by atomic mass is 16.6. The lowest BCUT2D eigenvalue weighted by molar-refractivity contribution is -0.384. The molecular formula is C24H18N6O6. The quantitative estimate of drug-likeness (QED) is 0.239. The Morgan fingerprint density at radius 1 is 0.889 bits per heavy atom. The van der Waals surface area contributed by atoms with Gasteiger partial charge in [-0.15, -0.1) is 5.10 Å². The zero-order chi connectivity index (χ0) is 25.7. The predicted octanol–water partition coefficient (Wildman–Crippen LogP) is 2.70. The van der Waals surface area contributed by atoms with Gasteiger partial charge in [0.25, 0.3) is 11.6 Å². The highest BCUT2D eigenvalue weighted by Crippen LogP contribution is 2.21. The summed E-state index contributed by atoms with van der Waals surface area (Å²) in [5, 5.41) is 15.5. The third kappa shape index (κ3) is 5.07. The van der Waals surface area contributed by atoms with Crippen LogP contribution in [-0.4, -0.2) is 44.6 Å². The number of hydrazine groups is 1. The van der Waals surface area contributed by atoms with Gasteiger partial charge in [-0.25, -0.2) is 14.5 Å². The Kier molecular flexibility index (Phi) is 6.77. The Hall–Kier alpha value is -5.39. The van der Waals surface area contributed by atoms with E-state index >= 15 is 0 Å². The number of carbonyl (C=O) groups is 3. The van der Waals surface area contributed by atoms with E-state index in [1.807, 2.05) is 48.5 Å². The summed E-state index contributed by atoms with van der Waals surface area (Å²) < 4.78 is 6.06. The molecule has 3 aromatic carbocycles. The van der Waals surface area contributed by atoms with Crippen LogP contribution in [0.1, 0.15) is 31.3 Å². The van der Waals surface area contributed by atoms with Gasteiger partial charge in [0, 0.05) is 23.3 Å². The molecule has 0 saturated heterocycles. The van der Waals surface area contributed by atoms with Gasteiger partial charge in [0.2, 0.25) is 5.82 Å². The van der Waals surface area contributed by atoms with Crippen molar-refractivity contribution in [2.24, 2.45) is 0 Å². The number of esters is 1. The van der Waals surface area contributed by atoms with Gasteiger partial charge in [-0.3, -0.25) is 30.6 Å². The fourth-order valence-corrected chi connectivity index (χ4v) is 3.26. The third-order valence-electron chi connectivity index (χ3n) is 4.94. The zero-order valence-electron chi connectivity index (χ0n) is 18.7. The van der Waals surface area contributed by atoms with Crippen LogP contribution in [0.25, 0.3) is 17.1 Å². The number of nitro benzene ring substituents is 1. The Bertz CT molecular complexity index is 1400. The highest BCUT2D eigenvalue weighted by molar-refractivity contribution is 6.00. The van der Waals surface area contributed by atoms with Gasteiger partial charge in [-0.05, 0) is 18.2 Å². The fraction of sp³-hybridized carbons (Fsp3) is 0.0417. The molecule has 0 radical (unpaired) electrons. The number of nitrogens with one attached hydrogen (secondary N) is 2. The number of hydrogen-bond acceptors (Lipinski definition) is 8. The van der Waals surface area contributed by atoms with Gasteiger partial charge in [0.05, 0.1) is 23.3 Å². The molecule has 0 spiro atoms. The van der Waals surface area contributed by atoms with Crippen molar-refractivity contribution in [3.05, 3.63) is 106 Å². The van der Waals surface area contributed by atoms with E-state index in [1.165, 1.54) is 4.68 Å². The molecule has 0 fully saturated rings. The molecule has 0 aliphatic carbocycles. The first-order valence-corrected chi connectivity index (χ1v) is 10.4. The molecule has 1 aromatic heterocycles. The van der Waals surface area contributed by atoms with Crippen LogP contribution >= 0.6 is 0 Å². The first-order chi connectivity index (χ1) is 17.4. The molecule has 2 amide bonds. The normalized spacial score (nSPS) is 10.4. The lowest BCUT2D eigenvalue weighted by Gasteiger charge is -2.07. The monoisotopic (exact) mass is 486 g/mol. The van der Waals surface area contributed by atoms with Crippen LogP contribution in [-0.2, 0) is 4.74 Å². The molecule has 12 nitrogen and oxygen atoms in total. The lowest BCUT2D eigenvalue weighted by Crippen LogP contribution is -2.42. The number of rotatable bonds is 6. The van der Waals surface area contributed by atoms with E-state index in [0.717, 1.165) is 25.3 Å². The minimum Gasteiger partial charge on any atom is -0.465 e. The van der Waals surface area contributed by atoms with E-state index < -0.39 is 28.4 Å². The number of nitrogens with zero attached hydrogens (tertiary/aromatic N) is 4. The van der Waals surface area contributed by atoms with Crippen molar-refractivity contribution in [3.8, 4) is 17.1 Å². The Morgan fingerprint density at radius 2 is 1.50 bits per heavy atom. The minimum absolute atomic E-state index is 0.195. The van der Waals surface area contributed by atoms with Crippen LogP contribution in [0.4, 0.5) is 5.69 Å². The summed E-state index contributed by atoms with van der Waals surface area (Å²) in [5.41, 5.74) is 4.79. The van der Waals surface area contributed by atoms with Crippen molar-refractivity contribution >= 4 is 23.5 Å². The maximum atomic E-state index is 12.8. The van der Waals surface area contributed by atoms with Crippen LogP contribution in [0.15, 0.2) is 78.9 Å². The Balaban J connectivity index is 1.58. The second kappa shape index (κ2) is 10.3. The molecule has 0 aliphatic rings. The molecular weight excluding hydrogens is 468 g/mol. The number of hydrogen-bond donors (Lipinski definition) is 2. The van der Waals surface area contributed by atoms with Crippen molar-refractivity contribution in [1.29, 1.82) is 0 Å². The van der Waals surface area contributed by atoms with Crippen molar-refractivity contribution in [2.45, 2.75) is 0 Å². The summed E-state index contributed by atoms with van der Waals surface area (Å²) >= 11 is 0. The van der Waals surface area contributed by atoms with Crippen LogP contribution in [0.2, 0.25) is 0 Å². The van der Waals surface area contributed by atoms with Crippen molar-refractivity contribution in [2.75, 3.05) is 7.11 Å². The van der Waals surface area contributed by atoms with Gasteiger partial charge < -0.3 is 4.74 Å². The number of methoxy groups -OCH3 is 1. The van der Waals surface area contributed by atoms with Crippen LogP contribution in [0.3, 0.4) is 0 Å². The van der Waals surface area contributed by atoms with Gasteiger partial charge in [0.1, 0.15) is 0 Å². The first-order valence-electron chi connectivity index (χ1n) is 10.4. The first kappa shape index (κ1) is 23.8. The minimum atomic E-state index is -0.900. The average molecular weight is 486 g/mol. The zero-order valence-corrected chi connectivity index (χ0v) is 18.7. The molecule has 2 N–H and O–H groups in total. The Labute approximate surface area is 203 Å². The molecule has 0 saturated carbocycles. The average Bonchev–Trinajstić information content (AvgIpc) is 3.37. The smallest absolute Gasteiger partial charge is 0.338 e. The van der Waals surface area contributed by atoms with E-state index in [0.29, 0.717) is 17.1 Å². The molecule has 0 atom stereocenters. The largest absolute Gasteiger partial charge is 0.465 e. The van der Waals surface area contributed by atoms with Crippen molar-refractivity contribution in [3.63, 3.8) is 0 Å². The SMILES string of the molecule is COC(=O)c1cc(C(=O)NNC(=O)c2nc(-c3ccccc3)n(-c3ccccc3)n2)cc([N+](=O)[O-])c1. The fourth-order valence-electron chi connectivity index (χ4n) is 3.26. The topological polar surface area (TPSA) is 158 Å². The second-order valence-electron chi connectivity index (χ2n) is 7.30. The predicted molar refractivity (Wildman–Crippen MR) is 126 cm³/mol. The third-order valence-corrected chi connectivity index (χ3v) is 4.94. The van der Waals surface area contributed by atoms with E-state index in [4.69, 9.17) is 0 Å². The molecule has 4 aromatic rings. The summed E-state index contributed by atoms with van der Waals surface area (Å²) in [4.78, 5) is 51.9. The molecule has 4 rings (SSSR count). The standard InChI is InChI=1S/C24H18N6O6/c1-36-24(33)17-12-16(13-19(14-17)30(34)35)22(31)26-27-23(32)20-25-21(15-8-4-2-5-9-15)29(28-20)18-10-6-3-7-11-18/h2-14H,1H3,(H,26,31)(H,27,32). The molecule has 0 unspecified atom stereocenters. The number of ether oxygens (including phenoxy) is 1. The van der Waals surface area contributed by atoms with Gasteiger partial charge in [-0.1, -0.05) is 48.5 Å². The van der Waals surface area contributed by atoms with E-state index in [2.05, 4.69) is 25.7 Å². The van der Waals surface area contributed by atoms with Crippen LogP contribution in [0, 0.1) is 10.1 Å². The molecule has 0 aliphatic heterocycles. The molecule has 12 heteroatoms. The lowest BCUT2D eigenvalue weighted by atomic mass is 10.1. The van der Waals surface area contributed by atoms with Crippen molar-refractivity contribution < 1.29 is 24.0 Å². The van der Waals surface area contributed by atoms with E-state index in [-0.39, 0.29) is 17.0 Å². The molecule has 0 bridgehead atoms. The maximum absolute atomic E-state index is 12.8. The second-order valence-corrected chi connectivity index (χ2v) is 7.30. The Morgan fingerprint density at radius 3 is 2.14 bits per heavy atom.